The monoisotopic (exact) mass is 499 g/mol. The van der Waals surface area contributed by atoms with Crippen molar-refractivity contribution in [2.24, 2.45) is 0 Å². The van der Waals surface area contributed by atoms with Crippen LogP contribution in [-0.4, -0.2) is 24.3 Å². The maximum absolute atomic E-state index is 12.9. The molecule has 0 saturated heterocycles. The predicted molar refractivity (Wildman–Crippen MR) is 139 cm³/mol. The number of carbonyl (C=O) groups is 1. The van der Waals surface area contributed by atoms with Gasteiger partial charge in [-0.15, -0.1) is 0 Å². The van der Waals surface area contributed by atoms with Crippen molar-refractivity contribution in [3.8, 4) is 11.3 Å². The first kappa shape index (κ1) is 23.7. The first-order valence-electron chi connectivity index (χ1n) is 11.5. The molecule has 0 unspecified atom stereocenters. The lowest BCUT2D eigenvalue weighted by atomic mass is 10.1. The molecule has 1 aliphatic heterocycles. The summed E-state index contributed by atoms with van der Waals surface area (Å²) < 4.78 is 28.5. The molecule has 36 heavy (non-hydrogen) atoms. The van der Waals surface area contributed by atoms with E-state index >= 15 is 0 Å². The number of nitrogens with one attached hydrogen (secondary N) is 3. The van der Waals surface area contributed by atoms with Gasteiger partial charge >= 0.3 is 0 Å². The highest BCUT2D eigenvalue weighted by molar-refractivity contribution is 7.89. The van der Waals surface area contributed by atoms with Crippen LogP contribution >= 0.6 is 0 Å². The van der Waals surface area contributed by atoms with Crippen molar-refractivity contribution in [3.05, 3.63) is 95.7 Å². The molecule has 1 atom stereocenters. The van der Waals surface area contributed by atoms with E-state index in [1.54, 1.807) is 18.3 Å². The quantitative estimate of drug-likeness (QED) is 0.354. The molecular weight excluding hydrogens is 474 g/mol. The SMILES string of the molecule is Cc1ccc([C@H](C)NS(=O)(=O)c2ccc(Nc3ncc4c(n3)-c3ccccc3NC(=O)C4)cc2)cc1. The molecule has 0 bridgehead atoms. The van der Waals surface area contributed by atoms with Crippen molar-refractivity contribution >= 4 is 33.3 Å². The van der Waals surface area contributed by atoms with Gasteiger partial charge in [-0.2, -0.15) is 0 Å². The Morgan fingerprint density at radius 1 is 0.972 bits per heavy atom. The summed E-state index contributed by atoms with van der Waals surface area (Å²) in [4.78, 5) is 21.4. The molecule has 3 aromatic carbocycles. The third-order valence-corrected chi connectivity index (χ3v) is 7.56. The average Bonchev–Trinajstić information content (AvgIpc) is 2.99. The standard InChI is InChI=1S/C27H25N5O3S/c1-17-7-9-19(10-8-17)18(2)32-36(34,35)22-13-11-21(12-14-22)29-27-28-16-20-15-25(33)30-24-6-4-3-5-23(24)26(20)31-27/h3-14,16,18,32H,15H2,1-2H3,(H,30,33)(H,28,29,31)/t18-/m0/s1. The summed E-state index contributed by atoms with van der Waals surface area (Å²) >= 11 is 0. The normalized spacial score (nSPS) is 13.7. The summed E-state index contributed by atoms with van der Waals surface area (Å²) in [5.74, 6) is 0.229. The Morgan fingerprint density at radius 2 is 1.69 bits per heavy atom. The van der Waals surface area contributed by atoms with Crippen molar-refractivity contribution in [1.82, 2.24) is 14.7 Å². The zero-order chi connectivity index (χ0) is 25.3. The van der Waals surface area contributed by atoms with Gasteiger partial charge in [0.2, 0.25) is 21.9 Å². The van der Waals surface area contributed by atoms with Crippen molar-refractivity contribution in [2.75, 3.05) is 10.6 Å². The van der Waals surface area contributed by atoms with E-state index in [4.69, 9.17) is 0 Å². The second kappa shape index (κ2) is 9.52. The minimum atomic E-state index is -3.71. The number of rotatable bonds is 6. The minimum Gasteiger partial charge on any atom is -0.325 e. The van der Waals surface area contributed by atoms with Crippen molar-refractivity contribution in [1.29, 1.82) is 0 Å². The first-order chi connectivity index (χ1) is 17.3. The van der Waals surface area contributed by atoms with Gasteiger partial charge in [0.05, 0.1) is 22.7 Å². The highest BCUT2D eigenvalue weighted by atomic mass is 32.2. The van der Waals surface area contributed by atoms with Crippen LogP contribution in [0.15, 0.2) is 83.9 Å². The van der Waals surface area contributed by atoms with Crippen molar-refractivity contribution < 1.29 is 13.2 Å². The number of sulfonamides is 1. The Hall–Kier alpha value is -4.08. The molecular formula is C27H25N5O3S. The molecule has 1 amide bonds. The van der Waals surface area contributed by atoms with Crippen LogP contribution in [0.1, 0.15) is 29.7 Å². The largest absolute Gasteiger partial charge is 0.325 e. The highest BCUT2D eigenvalue weighted by Crippen LogP contribution is 2.33. The molecule has 0 aliphatic carbocycles. The van der Waals surface area contributed by atoms with E-state index in [9.17, 15) is 13.2 Å². The van der Waals surface area contributed by atoms with Gasteiger partial charge in [-0.25, -0.2) is 23.1 Å². The van der Waals surface area contributed by atoms with Crippen LogP contribution in [0.25, 0.3) is 11.3 Å². The smallest absolute Gasteiger partial charge is 0.241 e. The molecule has 0 fully saturated rings. The lowest BCUT2D eigenvalue weighted by molar-refractivity contribution is -0.115. The summed E-state index contributed by atoms with van der Waals surface area (Å²) in [7, 11) is -3.71. The third-order valence-electron chi connectivity index (χ3n) is 6.00. The van der Waals surface area contributed by atoms with Crippen LogP contribution in [-0.2, 0) is 21.2 Å². The maximum Gasteiger partial charge on any atom is 0.241 e. The van der Waals surface area contributed by atoms with Crippen LogP contribution in [0.5, 0.6) is 0 Å². The molecule has 8 nitrogen and oxygen atoms in total. The second-order valence-electron chi connectivity index (χ2n) is 8.74. The van der Waals surface area contributed by atoms with Gasteiger partial charge in [0.25, 0.3) is 0 Å². The highest BCUT2D eigenvalue weighted by Gasteiger charge is 2.21. The Morgan fingerprint density at radius 3 is 2.44 bits per heavy atom. The van der Waals surface area contributed by atoms with Crippen molar-refractivity contribution in [2.45, 2.75) is 31.2 Å². The molecule has 1 aliphatic rings. The van der Waals surface area contributed by atoms with Crippen LogP contribution in [0.3, 0.4) is 0 Å². The lowest BCUT2D eigenvalue weighted by Crippen LogP contribution is -2.26. The van der Waals surface area contributed by atoms with Crippen molar-refractivity contribution in [3.63, 3.8) is 0 Å². The summed E-state index contributed by atoms with van der Waals surface area (Å²) in [6, 6.07) is 21.3. The molecule has 0 saturated carbocycles. The van der Waals surface area contributed by atoms with E-state index in [1.807, 2.05) is 62.4 Å². The Balaban J connectivity index is 1.34. The Kier molecular flexibility index (Phi) is 6.26. The average molecular weight is 500 g/mol. The number of carbonyl (C=O) groups excluding carboxylic acids is 1. The number of hydrogen-bond acceptors (Lipinski definition) is 6. The fourth-order valence-corrected chi connectivity index (χ4v) is 5.30. The van der Waals surface area contributed by atoms with Crippen LogP contribution in [0.2, 0.25) is 0 Å². The zero-order valence-electron chi connectivity index (χ0n) is 19.8. The summed E-state index contributed by atoms with van der Waals surface area (Å²) in [5, 5.41) is 6.02. The molecule has 3 N–H and O–H groups in total. The van der Waals surface area contributed by atoms with E-state index in [0.717, 1.165) is 22.3 Å². The molecule has 0 radical (unpaired) electrons. The van der Waals surface area contributed by atoms with E-state index in [0.29, 0.717) is 23.0 Å². The number of nitrogens with zero attached hydrogens (tertiary/aromatic N) is 2. The number of anilines is 3. The molecule has 5 rings (SSSR count). The van der Waals surface area contributed by atoms with Gasteiger partial charge in [-0.1, -0.05) is 48.0 Å². The fraction of sp³-hybridized carbons (Fsp3) is 0.148. The van der Waals surface area contributed by atoms with E-state index in [1.165, 1.54) is 12.1 Å². The van der Waals surface area contributed by atoms with Gasteiger partial charge in [0.1, 0.15) is 0 Å². The summed E-state index contributed by atoms with van der Waals surface area (Å²) in [5.41, 5.74) is 5.57. The van der Waals surface area contributed by atoms with Gasteiger partial charge < -0.3 is 10.6 Å². The van der Waals surface area contributed by atoms with Gasteiger partial charge in [0.15, 0.2) is 0 Å². The number of para-hydroxylation sites is 1. The number of aryl methyl sites for hydroxylation is 1. The van der Waals surface area contributed by atoms with Crippen LogP contribution in [0.4, 0.5) is 17.3 Å². The summed E-state index contributed by atoms with van der Waals surface area (Å²) in [6.07, 6.45) is 1.83. The first-order valence-corrected chi connectivity index (χ1v) is 13.0. The number of amides is 1. The van der Waals surface area contributed by atoms with Gasteiger partial charge in [0, 0.05) is 29.1 Å². The maximum atomic E-state index is 12.9. The third kappa shape index (κ3) is 4.98. The predicted octanol–water partition coefficient (Wildman–Crippen LogP) is 4.73. The van der Waals surface area contributed by atoms with E-state index in [-0.39, 0.29) is 23.3 Å². The Labute approximate surface area is 209 Å². The lowest BCUT2D eigenvalue weighted by Gasteiger charge is -2.15. The number of hydrogen-bond donors (Lipinski definition) is 3. The molecule has 9 heteroatoms. The fourth-order valence-electron chi connectivity index (χ4n) is 4.07. The zero-order valence-corrected chi connectivity index (χ0v) is 20.6. The Bertz CT molecular complexity index is 1530. The van der Waals surface area contributed by atoms with E-state index in [2.05, 4.69) is 25.3 Å². The van der Waals surface area contributed by atoms with E-state index < -0.39 is 10.0 Å². The number of fused-ring (bicyclic) bond motifs is 3. The number of aromatic nitrogens is 2. The van der Waals surface area contributed by atoms with Gasteiger partial charge in [-0.05, 0) is 49.7 Å². The molecule has 1 aromatic heterocycles. The molecule has 4 aromatic rings. The van der Waals surface area contributed by atoms with Crippen LogP contribution in [0, 0.1) is 6.92 Å². The van der Waals surface area contributed by atoms with Crippen LogP contribution < -0.4 is 15.4 Å². The van der Waals surface area contributed by atoms with Gasteiger partial charge in [-0.3, -0.25) is 4.79 Å². The topological polar surface area (TPSA) is 113 Å². The minimum absolute atomic E-state index is 0.118. The molecule has 182 valence electrons. The molecule has 2 heterocycles. The summed E-state index contributed by atoms with van der Waals surface area (Å²) in [6.45, 7) is 3.80. The number of benzene rings is 3. The molecule has 0 spiro atoms. The second-order valence-corrected chi connectivity index (χ2v) is 10.5.